The van der Waals surface area contributed by atoms with Crippen molar-refractivity contribution in [2.24, 2.45) is 0 Å². The second kappa shape index (κ2) is 11.8. The second-order valence-corrected chi connectivity index (χ2v) is 7.33. The minimum atomic E-state index is -0.0143. The van der Waals surface area contributed by atoms with Gasteiger partial charge >= 0.3 is 0 Å². The molecule has 0 aromatic heterocycles. The van der Waals surface area contributed by atoms with Crippen LogP contribution in [0.5, 0.6) is 17.2 Å². The van der Waals surface area contributed by atoms with Crippen LogP contribution >= 0.6 is 0 Å². The molecule has 168 valence electrons. The lowest BCUT2D eigenvalue weighted by Gasteiger charge is -2.26. The van der Waals surface area contributed by atoms with Crippen LogP contribution in [0.1, 0.15) is 23.6 Å². The van der Waals surface area contributed by atoms with Crippen molar-refractivity contribution in [3.05, 3.63) is 96.1 Å². The SMILES string of the molecule is C=CCOc1ccc(COc2ccc(CO)cc2N(CC)Cc2ccccc2)cc1OC. The van der Waals surface area contributed by atoms with Gasteiger partial charge in [-0.2, -0.15) is 0 Å². The van der Waals surface area contributed by atoms with Crippen molar-refractivity contribution in [1.29, 1.82) is 0 Å². The molecule has 0 fully saturated rings. The number of hydrogen-bond donors (Lipinski definition) is 1. The Kier molecular flexibility index (Phi) is 8.58. The summed E-state index contributed by atoms with van der Waals surface area (Å²) in [6, 6.07) is 21.9. The number of ether oxygens (including phenoxy) is 3. The summed E-state index contributed by atoms with van der Waals surface area (Å²) in [4.78, 5) is 2.25. The average Bonchev–Trinajstić information content (AvgIpc) is 2.85. The van der Waals surface area contributed by atoms with E-state index in [1.54, 1.807) is 13.2 Å². The Morgan fingerprint density at radius 1 is 0.875 bits per heavy atom. The Hall–Kier alpha value is -3.44. The first-order chi connectivity index (χ1) is 15.7. The van der Waals surface area contributed by atoms with Crippen LogP contribution < -0.4 is 19.1 Å². The lowest BCUT2D eigenvalue weighted by Crippen LogP contribution is -2.23. The molecule has 0 aliphatic heterocycles. The zero-order chi connectivity index (χ0) is 22.8. The molecule has 32 heavy (non-hydrogen) atoms. The van der Waals surface area contributed by atoms with Gasteiger partial charge in [0.2, 0.25) is 0 Å². The first-order valence-corrected chi connectivity index (χ1v) is 10.7. The Balaban J connectivity index is 1.81. The normalized spacial score (nSPS) is 10.5. The number of anilines is 1. The van der Waals surface area contributed by atoms with Gasteiger partial charge in [-0.3, -0.25) is 0 Å². The highest BCUT2D eigenvalue weighted by Gasteiger charge is 2.14. The van der Waals surface area contributed by atoms with E-state index >= 15 is 0 Å². The molecule has 0 radical (unpaired) electrons. The molecule has 3 aromatic rings. The number of aliphatic hydroxyl groups excluding tert-OH is 1. The Morgan fingerprint density at radius 3 is 2.31 bits per heavy atom. The minimum Gasteiger partial charge on any atom is -0.493 e. The van der Waals surface area contributed by atoms with Crippen LogP contribution in [0.25, 0.3) is 0 Å². The summed E-state index contributed by atoms with van der Waals surface area (Å²) < 4.78 is 17.3. The molecular weight excluding hydrogens is 402 g/mol. The van der Waals surface area contributed by atoms with E-state index < -0.39 is 0 Å². The molecule has 0 unspecified atom stereocenters. The predicted octanol–water partition coefficient (Wildman–Crippen LogP) is 5.36. The number of nitrogens with zero attached hydrogens (tertiary/aromatic N) is 1. The second-order valence-electron chi connectivity index (χ2n) is 7.33. The molecule has 0 aliphatic carbocycles. The first-order valence-electron chi connectivity index (χ1n) is 10.7. The van der Waals surface area contributed by atoms with Gasteiger partial charge in [-0.15, -0.1) is 0 Å². The molecule has 5 heteroatoms. The number of hydrogen-bond acceptors (Lipinski definition) is 5. The van der Waals surface area contributed by atoms with Crippen molar-refractivity contribution in [2.75, 3.05) is 25.2 Å². The molecule has 0 atom stereocenters. The van der Waals surface area contributed by atoms with Crippen LogP contribution in [-0.2, 0) is 19.8 Å². The summed E-state index contributed by atoms with van der Waals surface area (Å²) in [7, 11) is 1.62. The van der Waals surface area contributed by atoms with Gasteiger partial charge in [0.25, 0.3) is 0 Å². The standard InChI is InChI=1S/C27H31NO4/c1-4-15-31-26-14-12-23(17-27(26)30-3)20-32-25-13-11-22(19-29)16-24(25)28(5-2)18-21-9-7-6-8-10-21/h4,6-14,16-17,29H,1,5,15,18-20H2,2-3H3. The lowest BCUT2D eigenvalue weighted by molar-refractivity contribution is 0.280. The van der Waals surface area contributed by atoms with Crippen molar-refractivity contribution in [1.82, 2.24) is 0 Å². The number of methoxy groups -OCH3 is 1. The van der Waals surface area contributed by atoms with Gasteiger partial charge in [0.15, 0.2) is 11.5 Å². The zero-order valence-electron chi connectivity index (χ0n) is 18.8. The third-order valence-corrected chi connectivity index (χ3v) is 5.12. The Bertz CT molecular complexity index is 1000. The highest BCUT2D eigenvalue weighted by atomic mass is 16.5. The quantitative estimate of drug-likeness (QED) is 0.390. The molecule has 3 aromatic carbocycles. The fourth-order valence-electron chi connectivity index (χ4n) is 3.43. The van der Waals surface area contributed by atoms with E-state index in [1.165, 1.54) is 5.56 Å². The van der Waals surface area contributed by atoms with E-state index in [0.29, 0.717) is 24.7 Å². The summed E-state index contributed by atoms with van der Waals surface area (Å²) in [5.74, 6) is 2.10. The third-order valence-electron chi connectivity index (χ3n) is 5.12. The topological polar surface area (TPSA) is 51.2 Å². The maximum atomic E-state index is 9.66. The highest BCUT2D eigenvalue weighted by molar-refractivity contribution is 5.60. The van der Waals surface area contributed by atoms with Crippen LogP contribution in [0.3, 0.4) is 0 Å². The van der Waals surface area contributed by atoms with E-state index in [-0.39, 0.29) is 6.61 Å². The van der Waals surface area contributed by atoms with Crippen molar-refractivity contribution in [3.8, 4) is 17.2 Å². The maximum Gasteiger partial charge on any atom is 0.161 e. The molecule has 0 saturated carbocycles. The van der Waals surface area contributed by atoms with Crippen LogP contribution in [0.2, 0.25) is 0 Å². The van der Waals surface area contributed by atoms with Crippen LogP contribution in [-0.4, -0.2) is 25.4 Å². The van der Waals surface area contributed by atoms with Crippen molar-refractivity contribution in [3.63, 3.8) is 0 Å². The van der Waals surface area contributed by atoms with Crippen molar-refractivity contribution >= 4 is 5.69 Å². The summed E-state index contributed by atoms with van der Waals surface area (Å²) in [5.41, 5.74) is 4.00. The molecular formula is C27H31NO4. The number of aliphatic hydroxyl groups is 1. The number of benzene rings is 3. The van der Waals surface area contributed by atoms with Crippen LogP contribution in [0.15, 0.2) is 79.4 Å². The summed E-state index contributed by atoms with van der Waals surface area (Å²) in [6.07, 6.45) is 1.70. The third kappa shape index (κ3) is 6.05. The maximum absolute atomic E-state index is 9.66. The fourth-order valence-corrected chi connectivity index (χ4v) is 3.43. The Morgan fingerprint density at radius 2 is 1.62 bits per heavy atom. The van der Waals surface area contributed by atoms with Gasteiger partial charge < -0.3 is 24.2 Å². The number of rotatable bonds is 12. The van der Waals surface area contributed by atoms with Crippen molar-refractivity contribution in [2.45, 2.75) is 26.7 Å². The smallest absolute Gasteiger partial charge is 0.161 e. The van der Waals surface area contributed by atoms with Crippen LogP contribution in [0.4, 0.5) is 5.69 Å². The largest absolute Gasteiger partial charge is 0.493 e. The van der Waals surface area contributed by atoms with Crippen molar-refractivity contribution < 1.29 is 19.3 Å². The van der Waals surface area contributed by atoms with Gasteiger partial charge in [-0.25, -0.2) is 0 Å². The molecule has 0 heterocycles. The molecule has 1 N–H and O–H groups in total. The van der Waals surface area contributed by atoms with E-state index in [1.807, 2.05) is 54.6 Å². The Labute approximate surface area is 190 Å². The lowest BCUT2D eigenvalue weighted by atomic mass is 10.1. The molecule has 0 bridgehead atoms. The molecule has 0 spiro atoms. The van der Waals surface area contributed by atoms with E-state index in [4.69, 9.17) is 14.2 Å². The molecule has 0 saturated heterocycles. The van der Waals surface area contributed by atoms with Gasteiger partial charge in [-0.1, -0.05) is 55.1 Å². The minimum absolute atomic E-state index is 0.0143. The van der Waals surface area contributed by atoms with Gasteiger partial charge in [0.05, 0.1) is 19.4 Å². The van der Waals surface area contributed by atoms with E-state index in [0.717, 1.165) is 35.7 Å². The first kappa shape index (κ1) is 23.2. The summed E-state index contributed by atoms with van der Waals surface area (Å²) in [6.45, 7) is 8.14. The average molecular weight is 434 g/mol. The van der Waals surface area contributed by atoms with E-state index in [9.17, 15) is 5.11 Å². The molecule has 0 aliphatic rings. The monoisotopic (exact) mass is 433 g/mol. The fraction of sp³-hybridized carbons (Fsp3) is 0.259. The molecule has 3 rings (SSSR count). The summed E-state index contributed by atoms with van der Waals surface area (Å²) >= 11 is 0. The van der Waals surface area contributed by atoms with Crippen LogP contribution in [0, 0.1) is 0 Å². The van der Waals surface area contributed by atoms with Gasteiger partial charge in [0, 0.05) is 13.1 Å². The molecule has 0 amide bonds. The van der Waals surface area contributed by atoms with Gasteiger partial charge in [0.1, 0.15) is 19.0 Å². The zero-order valence-corrected chi connectivity index (χ0v) is 18.8. The summed E-state index contributed by atoms with van der Waals surface area (Å²) in [5, 5.41) is 9.66. The predicted molar refractivity (Wildman–Crippen MR) is 129 cm³/mol. The molecule has 5 nitrogen and oxygen atoms in total. The van der Waals surface area contributed by atoms with E-state index in [2.05, 4.69) is 30.5 Å². The highest BCUT2D eigenvalue weighted by Crippen LogP contribution is 2.33. The van der Waals surface area contributed by atoms with Gasteiger partial charge in [-0.05, 0) is 47.9 Å².